The largest absolute Gasteiger partial charge is 0.491 e. The van der Waals surface area contributed by atoms with Crippen LogP contribution in [0.4, 0.5) is 4.39 Å². The van der Waals surface area contributed by atoms with Crippen LogP contribution in [0, 0.1) is 11.8 Å². The number of nitrogens with zero attached hydrogens (tertiary/aromatic N) is 1. The molecule has 8 heteroatoms. The number of benzene rings is 1. The number of rotatable bonds is 7. The highest BCUT2D eigenvalue weighted by Gasteiger charge is 2.48. The van der Waals surface area contributed by atoms with E-state index in [0.29, 0.717) is 18.7 Å². The highest BCUT2D eigenvalue weighted by atomic mass is 32.2. The van der Waals surface area contributed by atoms with Crippen LogP contribution >= 0.6 is 0 Å². The minimum atomic E-state index is -3.37. The lowest BCUT2D eigenvalue weighted by Gasteiger charge is -2.31. The lowest BCUT2D eigenvalue weighted by molar-refractivity contribution is 0.173. The molecule has 1 saturated heterocycles. The zero-order valence-electron chi connectivity index (χ0n) is 18.0. The third-order valence-corrected chi connectivity index (χ3v) is 7.82. The molecule has 1 fully saturated rings. The molecule has 3 atom stereocenters. The van der Waals surface area contributed by atoms with E-state index in [9.17, 15) is 8.42 Å². The number of allylic oxidation sites excluding steroid dienone is 3. The zero-order chi connectivity index (χ0) is 22.2. The van der Waals surface area contributed by atoms with E-state index in [1.807, 2.05) is 26.2 Å². The van der Waals surface area contributed by atoms with Crippen molar-refractivity contribution in [2.24, 2.45) is 16.8 Å². The third-order valence-electron chi connectivity index (χ3n) is 6.09. The predicted molar refractivity (Wildman–Crippen MR) is 120 cm³/mol. The summed E-state index contributed by atoms with van der Waals surface area (Å²) in [7, 11) is -1.55. The van der Waals surface area contributed by atoms with Gasteiger partial charge in [0.15, 0.2) is 21.4 Å². The first-order valence-electron chi connectivity index (χ1n) is 10.6. The molecule has 0 amide bonds. The maximum Gasteiger partial charge on any atom is 0.178 e. The lowest BCUT2D eigenvalue weighted by Crippen LogP contribution is -2.35. The van der Waals surface area contributed by atoms with Crippen molar-refractivity contribution in [1.82, 2.24) is 10.6 Å². The van der Waals surface area contributed by atoms with Gasteiger partial charge in [0.2, 0.25) is 0 Å². The van der Waals surface area contributed by atoms with Crippen LogP contribution in [-0.4, -0.2) is 46.2 Å². The smallest absolute Gasteiger partial charge is 0.178 e. The third kappa shape index (κ3) is 4.06. The van der Waals surface area contributed by atoms with E-state index in [4.69, 9.17) is 4.74 Å². The van der Waals surface area contributed by atoms with E-state index < -0.39 is 15.7 Å². The fourth-order valence-electron chi connectivity index (χ4n) is 4.51. The Morgan fingerprint density at radius 1 is 1.35 bits per heavy atom. The van der Waals surface area contributed by atoms with Crippen molar-refractivity contribution in [3.05, 3.63) is 59.3 Å². The van der Waals surface area contributed by atoms with Gasteiger partial charge < -0.3 is 15.4 Å². The molecule has 3 unspecified atom stereocenters. The van der Waals surface area contributed by atoms with E-state index in [1.165, 1.54) is 6.08 Å². The predicted octanol–water partition coefficient (Wildman–Crippen LogP) is 3.20. The molecule has 6 nitrogen and oxygen atoms in total. The molecule has 3 aliphatic rings. The first kappa shape index (κ1) is 21.8. The zero-order valence-corrected chi connectivity index (χ0v) is 18.8. The number of hydrogen-bond acceptors (Lipinski definition) is 6. The van der Waals surface area contributed by atoms with Crippen LogP contribution in [-0.2, 0) is 14.6 Å². The Kier molecular flexibility index (Phi) is 6.03. The van der Waals surface area contributed by atoms with Crippen LogP contribution in [0.15, 0.2) is 63.6 Å². The molecule has 31 heavy (non-hydrogen) atoms. The van der Waals surface area contributed by atoms with Crippen molar-refractivity contribution < 1.29 is 17.5 Å². The molecule has 1 aromatic carbocycles. The average molecular weight is 446 g/mol. The van der Waals surface area contributed by atoms with Gasteiger partial charge in [0, 0.05) is 24.6 Å². The van der Waals surface area contributed by atoms with Crippen LogP contribution in [0.5, 0.6) is 0 Å². The quantitative estimate of drug-likeness (QED) is 0.630. The van der Waals surface area contributed by atoms with E-state index in [-0.39, 0.29) is 34.3 Å². The van der Waals surface area contributed by atoms with Crippen molar-refractivity contribution in [3.8, 4) is 0 Å². The second kappa shape index (κ2) is 8.59. The minimum Gasteiger partial charge on any atom is -0.491 e. The van der Waals surface area contributed by atoms with Crippen molar-refractivity contribution >= 4 is 21.2 Å². The highest BCUT2D eigenvalue weighted by molar-refractivity contribution is 7.91. The van der Waals surface area contributed by atoms with Gasteiger partial charge in [-0.25, -0.2) is 17.8 Å². The highest BCUT2D eigenvalue weighted by Crippen LogP contribution is 2.47. The number of likely N-dealkylation sites (N-methyl/N-ethyl adjacent to an activating group) is 1. The summed E-state index contributed by atoms with van der Waals surface area (Å²) in [5.74, 6) is 0.649. The Morgan fingerprint density at radius 3 is 2.90 bits per heavy atom. The molecular formula is C23H28FN3O3S. The van der Waals surface area contributed by atoms with E-state index in [1.54, 1.807) is 25.1 Å². The summed E-state index contributed by atoms with van der Waals surface area (Å²) in [4.78, 5) is 4.81. The Labute approximate surface area is 182 Å². The normalized spacial score (nSPS) is 25.2. The van der Waals surface area contributed by atoms with Crippen molar-refractivity contribution in [1.29, 1.82) is 0 Å². The first-order valence-corrected chi connectivity index (χ1v) is 12.2. The van der Waals surface area contributed by atoms with Crippen molar-refractivity contribution in [2.45, 2.75) is 31.2 Å². The van der Waals surface area contributed by atoms with Gasteiger partial charge in [-0.1, -0.05) is 24.6 Å². The Morgan fingerprint density at radius 2 is 2.16 bits per heavy atom. The van der Waals surface area contributed by atoms with E-state index in [2.05, 4.69) is 15.6 Å². The molecule has 2 N–H and O–H groups in total. The molecular weight excluding hydrogens is 417 g/mol. The first-order chi connectivity index (χ1) is 14.9. The van der Waals surface area contributed by atoms with Gasteiger partial charge in [-0.15, -0.1) is 0 Å². The topological polar surface area (TPSA) is 79.8 Å². The summed E-state index contributed by atoms with van der Waals surface area (Å²) in [6, 6.07) is 6.43. The van der Waals surface area contributed by atoms with Gasteiger partial charge in [-0.3, -0.25) is 0 Å². The monoisotopic (exact) mass is 445 g/mol. The molecule has 2 aliphatic heterocycles. The van der Waals surface area contributed by atoms with Crippen molar-refractivity contribution in [2.75, 3.05) is 26.0 Å². The van der Waals surface area contributed by atoms with Gasteiger partial charge in [0.25, 0.3) is 0 Å². The number of sulfone groups is 1. The minimum absolute atomic E-state index is 0.0181. The molecule has 0 spiro atoms. The average Bonchev–Trinajstić information content (AvgIpc) is 3.13. The van der Waals surface area contributed by atoms with Crippen LogP contribution in [0.25, 0.3) is 5.57 Å². The lowest BCUT2D eigenvalue weighted by atomic mass is 9.74. The molecule has 0 radical (unpaired) electrons. The van der Waals surface area contributed by atoms with Gasteiger partial charge in [0.1, 0.15) is 12.4 Å². The number of ether oxygens (including phenoxy) is 1. The summed E-state index contributed by atoms with van der Waals surface area (Å²) in [5, 5.41) is 6.38. The van der Waals surface area contributed by atoms with Crippen LogP contribution in [0.1, 0.15) is 25.8 Å². The fraction of sp³-hybridized carbons (Fsp3) is 0.435. The molecule has 0 bridgehead atoms. The van der Waals surface area contributed by atoms with Crippen molar-refractivity contribution in [3.63, 3.8) is 0 Å². The SMILES string of the molecule is CCS(=O)(=O)c1cccc(C2=CC(F)=C(OCCNC)C3NC4=NC=C(C)CC4C23)c1. The van der Waals surface area contributed by atoms with Crippen LogP contribution in [0.2, 0.25) is 0 Å². The summed E-state index contributed by atoms with van der Waals surface area (Å²) in [5.41, 5.74) is 2.64. The molecule has 4 rings (SSSR count). The maximum atomic E-state index is 15.3. The number of fused-ring (bicyclic) bond motifs is 3. The summed E-state index contributed by atoms with van der Waals surface area (Å²) in [6.45, 7) is 4.61. The van der Waals surface area contributed by atoms with E-state index in [0.717, 1.165) is 23.4 Å². The second-order valence-corrected chi connectivity index (χ2v) is 10.4. The number of amidine groups is 1. The standard InChI is InChI=1S/C23H28FN3O3S/c1-4-31(28,29)16-7-5-6-15(11-16)17-12-19(24)22(30-9-8-25-3)21-20(17)18-10-14(2)13-26-23(18)27-21/h5-7,11-13,18,20-21,25H,4,8-10H2,1-3H3,(H,26,27). The second-order valence-electron chi connectivity index (χ2n) is 8.14. The Balaban J connectivity index is 1.79. The van der Waals surface area contributed by atoms with E-state index >= 15 is 4.39 Å². The molecule has 2 heterocycles. The molecule has 166 valence electrons. The van der Waals surface area contributed by atoms with Gasteiger partial charge in [-0.2, -0.15) is 0 Å². The number of halogens is 1. The Hall–Kier alpha value is -2.45. The van der Waals surface area contributed by atoms with Gasteiger partial charge in [0.05, 0.1) is 16.7 Å². The Bertz CT molecular complexity index is 1100. The summed E-state index contributed by atoms with van der Waals surface area (Å²) in [6.07, 6.45) is 4.16. The summed E-state index contributed by atoms with van der Waals surface area (Å²) < 4.78 is 45.9. The van der Waals surface area contributed by atoms with Crippen LogP contribution in [0.3, 0.4) is 0 Å². The molecule has 1 aliphatic carbocycles. The van der Waals surface area contributed by atoms with Gasteiger partial charge in [-0.05, 0) is 49.7 Å². The number of aliphatic imine (C=N–C) groups is 1. The number of hydrogen-bond donors (Lipinski definition) is 2. The van der Waals surface area contributed by atoms with Crippen LogP contribution < -0.4 is 10.6 Å². The maximum absolute atomic E-state index is 15.3. The fourth-order valence-corrected chi connectivity index (χ4v) is 5.43. The molecule has 0 aromatic heterocycles. The molecule has 0 saturated carbocycles. The van der Waals surface area contributed by atoms with Gasteiger partial charge >= 0.3 is 0 Å². The molecule has 1 aromatic rings. The number of nitrogens with one attached hydrogen (secondary N) is 2. The summed E-state index contributed by atoms with van der Waals surface area (Å²) >= 11 is 0.